The third-order valence-electron chi connectivity index (χ3n) is 5.67. The number of piperidine rings is 1. The molecule has 0 spiro atoms. The van der Waals surface area contributed by atoms with Crippen LogP contribution in [0.15, 0.2) is 4.52 Å². The minimum atomic E-state index is 0.291. The van der Waals surface area contributed by atoms with Crippen LogP contribution in [0.3, 0.4) is 0 Å². The van der Waals surface area contributed by atoms with E-state index in [1.165, 1.54) is 6.42 Å². The van der Waals surface area contributed by atoms with E-state index in [-0.39, 0.29) is 0 Å². The van der Waals surface area contributed by atoms with Crippen molar-refractivity contribution in [2.24, 2.45) is 11.8 Å². The number of unbranched alkanes of at least 4 members (excludes halogenated alkanes) is 1. The quantitative estimate of drug-likeness (QED) is 0.724. The Balaban J connectivity index is 1.39. The molecule has 27 heavy (non-hydrogen) atoms. The number of carbonyl (C=O) groups is 1. The fourth-order valence-electron chi connectivity index (χ4n) is 4.25. The van der Waals surface area contributed by atoms with Gasteiger partial charge in [0.25, 0.3) is 0 Å². The van der Waals surface area contributed by atoms with Gasteiger partial charge in [0.15, 0.2) is 5.82 Å². The summed E-state index contributed by atoms with van der Waals surface area (Å²) in [6.07, 6.45) is 4.36. The van der Waals surface area contributed by atoms with Crippen LogP contribution in [0.25, 0.3) is 0 Å². The fourth-order valence-corrected chi connectivity index (χ4v) is 4.25. The predicted molar refractivity (Wildman–Crippen MR) is 104 cm³/mol. The second-order valence-corrected chi connectivity index (χ2v) is 8.50. The Labute approximate surface area is 163 Å². The van der Waals surface area contributed by atoms with Crippen LogP contribution in [0.1, 0.15) is 51.7 Å². The Bertz CT molecular complexity index is 587. The van der Waals surface area contributed by atoms with Crippen molar-refractivity contribution in [2.75, 3.05) is 45.8 Å². The van der Waals surface area contributed by atoms with Gasteiger partial charge in [0, 0.05) is 45.7 Å². The molecular weight excluding hydrogens is 342 g/mol. The minimum Gasteiger partial charge on any atom is -0.341 e. The van der Waals surface area contributed by atoms with Gasteiger partial charge in [-0.25, -0.2) is 0 Å². The number of likely N-dealkylation sites (tertiary alicyclic amines) is 1. The summed E-state index contributed by atoms with van der Waals surface area (Å²) >= 11 is 0. The van der Waals surface area contributed by atoms with Crippen LogP contribution in [0.5, 0.6) is 0 Å². The average molecular weight is 378 g/mol. The lowest BCUT2D eigenvalue weighted by Crippen LogP contribution is -2.51. The van der Waals surface area contributed by atoms with E-state index in [9.17, 15) is 4.79 Å². The van der Waals surface area contributed by atoms with Crippen molar-refractivity contribution < 1.29 is 9.32 Å². The van der Waals surface area contributed by atoms with Gasteiger partial charge in [-0.15, -0.1) is 0 Å². The number of nitrogens with zero attached hydrogens (tertiary/aromatic N) is 5. The first-order valence-electron chi connectivity index (χ1n) is 10.6. The molecule has 1 amide bonds. The van der Waals surface area contributed by atoms with Crippen molar-refractivity contribution in [3.63, 3.8) is 0 Å². The van der Waals surface area contributed by atoms with Gasteiger partial charge < -0.3 is 9.42 Å². The zero-order valence-corrected chi connectivity index (χ0v) is 17.2. The molecule has 0 N–H and O–H groups in total. The molecule has 0 bridgehead atoms. The van der Waals surface area contributed by atoms with Gasteiger partial charge in [-0.3, -0.25) is 14.6 Å². The molecule has 2 atom stereocenters. The van der Waals surface area contributed by atoms with Crippen LogP contribution in [0.4, 0.5) is 0 Å². The van der Waals surface area contributed by atoms with Gasteiger partial charge in [-0.05, 0) is 24.7 Å². The molecule has 7 heteroatoms. The van der Waals surface area contributed by atoms with E-state index in [2.05, 4.69) is 45.6 Å². The highest BCUT2D eigenvalue weighted by Gasteiger charge is 2.27. The molecule has 2 aliphatic rings. The summed E-state index contributed by atoms with van der Waals surface area (Å²) in [7, 11) is 0. The van der Waals surface area contributed by atoms with E-state index < -0.39 is 0 Å². The molecule has 1 aromatic rings. The van der Waals surface area contributed by atoms with Crippen molar-refractivity contribution in [1.82, 2.24) is 24.8 Å². The molecule has 1 aromatic heterocycles. The van der Waals surface area contributed by atoms with Gasteiger partial charge in [0.05, 0.1) is 13.1 Å². The molecule has 2 aliphatic heterocycles. The van der Waals surface area contributed by atoms with E-state index in [0.717, 1.165) is 64.4 Å². The molecule has 3 heterocycles. The van der Waals surface area contributed by atoms with Gasteiger partial charge in [0.2, 0.25) is 11.8 Å². The third-order valence-corrected chi connectivity index (χ3v) is 5.67. The third kappa shape index (κ3) is 6.01. The molecule has 3 rings (SSSR count). The predicted octanol–water partition coefficient (Wildman–Crippen LogP) is 2.03. The monoisotopic (exact) mass is 377 g/mol. The molecule has 0 saturated carbocycles. The average Bonchev–Trinajstić information content (AvgIpc) is 3.08. The first kappa shape index (κ1) is 20.3. The number of carbonyl (C=O) groups excluding carboxylic acids is 1. The molecule has 2 saturated heterocycles. The second kappa shape index (κ2) is 9.64. The normalized spacial score (nSPS) is 25.1. The second-order valence-electron chi connectivity index (χ2n) is 8.50. The van der Waals surface area contributed by atoms with E-state index in [4.69, 9.17) is 4.52 Å². The lowest BCUT2D eigenvalue weighted by Gasteiger charge is -2.38. The number of amides is 1. The van der Waals surface area contributed by atoms with Crippen LogP contribution in [-0.4, -0.2) is 76.6 Å². The molecule has 7 nitrogen and oxygen atoms in total. The Morgan fingerprint density at radius 1 is 1.11 bits per heavy atom. The molecule has 0 aromatic carbocycles. The first-order chi connectivity index (χ1) is 13.0. The highest BCUT2D eigenvalue weighted by molar-refractivity contribution is 5.78. The summed E-state index contributed by atoms with van der Waals surface area (Å²) in [6.45, 7) is 13.5. The van der Waals surface area contributed by atoms with Gasteiger partial charge >= 0.3 is 0 Å². The lowest BCUT2D eigenvalue weighted by atomic mass is 9.92. The Hall–Kier alpha value is -1.47. The maximum Gasteiger partial charge on any atom is 0.240 e. The van der Waals surface area contributed by atoms with Crippen LogP contribution in [-0.2, 0) is 17.8 Å². The number of aryl methyl sites for hydroxylation is 1. The molecule has 152 valence electrons. The number of rotatable bonds is 7. The zero-order valence-electron chi connectivity index (χ0n) is 17.2. The summed E-state index contributed by atoms with van der Waals surface area (Å²) in [5, 5.41) is 4.06. The molecular formula is C20H35N5O2. The van der Waals surface area contributed by atoms with Crippen LogP contribution in [0, 0.1) is 11.8 Å². The number of hydrogen-bond acceptors (Lipinski definition) is 6. The maximum absolute atomic E-state index is 12.7. The molecule has 2 fully saturated rings. The van der Waals surface area contributed by atoms with Gasteiger partial charge in [0.1, 0.15) is 0 Å². The summed E-state index contributed by atoms with van der Waals surface area (Å²) < 4.78 is 5.38. The zero-order chi connectivity index (χ0) is 19.2. The van der Waals surface area contributed by atoms with Crippen molar-refractivity contribution in [3.8, 4) is 0 Å². The summed E-state index contributed by atoms with van der Waals surface area (Å²) in [4.78, 5) is 23.8. The largest absolute Gasteiger partial charge is 0.341 e. The van der Waals surface area contributed by atoms with Crippen LogP contribution in [0.2, 0.25) is 0 Å². The highest BCUT2D eigenvalue weighted by Crippen LogP contribution is 2.21. The van der Waals surface area contributed by atoms with Crippen molar-refractivity contribution in [1.29, 1.82) is 0 Å². The molecule has 2 unspecified atom stereocenters. The van der Waals surface area contributed by atoms with Crippen LogP contribution >= 0.6 is 0 Å². The van der Waals surface area contributed by atoms with E-state index >= 15 is 0 Å². The fraction of sp³-hybridized carbons (Fsp3) is 0.850. The van der Waals surface area contributed by atoms with E-state index in [1.54, 1.807) is 0 Å². The van der Waals surface area contributed by atoms with E-state index in [1.807, 2.05) is 0 Å². The number of aromatic nitrogens is 2. The molecule has 0 aliphatic carbocycles. The Kier molecular flexibility index (Phi) is 7.24. The number of hydrogen-bond donors (Lipinski definition) is 0. The first-order valence-corrected chi connectivity index (χ1v) is 10.6. The molecule has 0 radical (unpaired) electrons. The summed E-state index contributed by atoms with van der Waals surface area (Å²) in [5.74, 6) is 3.06. The van der Waals surface area contributed by atoms with Crippen molar-refractivity contribution in [3.05, 3.63) is 11.7 Å². The summed E-state index contributed by atoms with van der Waals surface area (Å²) in [6, 6.07) is 0. The smallest absolute Gasteiger partial charge is 0.240 e. The van der Waals surface area contributed by atoms with Gasteiger partial charge in [-0.2, -0.15) is 4.98 Å². The SMILES string of the molecule is CCCCc1noc(CN2CCN(CC(=O)N3CC(C)CC(C)C3)CC2)n1. The standard InChI is InChI=1S/C20H35N5O2/c1-4-5-6-18-21-19(27-22-18)14-23-7-9-24(10-8-23)15-20(26)25-12-16(2)11-17(3)13-25/h16-17H,4-15H2,1-3H3. The lowest BCUT2D eigenvalue weighted by molar-refractivity contribution is -0.135. The van der Waals surface area contributed by atoms with E-state index in [0.29, 0.717) is 36.7 Å². The number of piperazine rings is 1. The van der Waals surface area contributed by atoms with Crippen molar-refractivity contribution in [2.45, 2.75) is 53.0 Å². The topological polar surface area (TPSA) is 65.7 Å². The summed E-state index contributed by atoms with van der Waals surface area (Å²) in [5.41, 5.74) is 0. The Morgan fingerprint density at radius 2 is 1.78 bits per heavy atom. The maximum atomic E-state index is 12.7. The minimum absolute atomic E-state index is 0.291. The Morgan fingerprint density at radius 3 is 2.44 bits per heavy atom. The van der Waals surface area contributed by atoms with Crippen LogP contribution < -0.4 is 0 Å². The highest BCUT2D eigenvalue weighted by atomic mass is 16.5. The van der Waals surface area contributed by atoms with Crippen molar-refractivity contribution >= 4 is 5.91 Å². The van der Waals surface area contributed by atoms with Gasteiger partial charge in [-0.1, -0.05) is 32.3 Å².